The SMILES string of the molecule is O=S(=O)(c1cccc(F)c1)N1CCN(c2cccc(F)n2)CC1. The van der Waals surface area contributed by atoms with Crippen molar-refractivity contribution in [2.24, 2.45) is 0 Å². The molecule has 1 aliphatic rings. The van der Waals surface area contributed by atoms with Gasteiger partial charge in [-0.05, 0) is 30.3 Å². The Kier molecular flexibility index (Phi) is 4.27. The second-order valence-corrected chi connectivity index (χ2v) is 7.10. The van der Waals surface area contributed by atoms with Gasteiger partial charge in [-0.1, -0.05) is 12.1 Å². The van der Waals surface area contributed by atoms with Crippen LogP contribution >= 0.6 is 0 Å². The third kappa shape index (κ3) is 3.32. The van der Waals surface area contributed by atoms with E-state index < -0.39 is 21.8 Å². The molecule has 3 rings (SSSR count). The van der Waals surface area contributed by atoms with Crippen molar-refractivity contribution < 1.29 is 17.2 Å². The van der Waals surface area contributed by atoms with E-state index in [2.05, 4.69) is 4.98 Å². The zero-order valence-electron chi connectivity index (χ0n) is 12.2. The molecule has 0 saturated carbocycles. The minimum absolute atomic E-state index is 0.0603. The van der Waals surface area contributed by atoms with E-state index in [1.54, 1.807) is 12.1 Å². The summed E-state index contributed by atoms with van der Waals surface area (Å²) in [4.78, 5) is 5.56. The van der Waals surface area contributed by atoms with Gasteiger partial charge in [0, 0.05) is 26.2 Å². The first-order chi connectivity index (χ1) is 11.0. The van der Waals surface area contributed by atoms with Crippen molar-refractivity contribution in [1.29, 1.82) is 0 Å². The van der Waals surface area contributed by atoms with Crippen molar-refractivity contribution in [2.75, 3.05) is 31.1 Å². The zero-order chi connectivity index (χ0) is 16.4. The van der Waals surface area contributed by atoms with E-state index in [1.165, 1.54) is 28.6 Å². The molecule has 1 aromatic carbocycles. The lowest BCUT2D eigenvalue weighted by Gasteiger charge is -2.34. The van der Waals surface area contributed by atoms with Crippen LogP contribution in [0.4, 0.5) is 14.6 Å². The van der Waals surface area contributed by atoms with Crippen molar-refractivity contribution >= 4 is 15.8 Å². The Morgan fingerprint density at radius 2 is 1.65 bits per heavy atom. The predicted molar refractivity (Wildman–Crippen MR) is 81.6 cm³/mol. The molecule has 1 saturated heterocycles. The molecular formula is C15H15F2N3O2S. The van der Waals surface area contributed by atoms with Gasteiger partial charge in [0.15, 0.2) is 0 Å². The van der Waals surface area contributed by atoms with Gasteiger partial charge in [0.1, 0.15) is 11.6 Å². The molecular weight excluding hydrogens is 324 g/mol. The molecule has 0 atom stereocenters. The third-order valence-electron chi connectivity index (χ3n) is 3.70. The van der Waals surface area contributed by atoms with Crippen LogP contribution < -0.4 is 4.90 Å². The minimum Gasteiger partial charge on any atom is -0.354 e. The monoisotopic (exact) mass is 339 g/mol. The van der Waals surface area contributed by atoms with Crippen LogP contribution in [0.3, 0.4) is 0 Å². The number of halogens is 2. The summed E-state index contributed by atoms with van der Waals surface area (Å²) in [6.45, 7) is 1.25. The predicted octanol–water partition coefficient (Wildman–Crippen LogP) is 1.87. The number of rotatable bonds is 3. The van der Waals surface area contributed by atoms with E-state index >= 15 is 0 Å². The Morgan fingerprint density at radius 1 is 0.957 bits per heavy atom. The van der Waals surface area contributed by atoms with Crippen LogP contribution in [0.25, 0.3) is 0 Å². The van der Waals surface area contributed by atoms with E-state index in [9.17, 15) is 17.2 Å². The van der Waals surface area contributed by atoms with Crippen molar-refractivity contribution in [3.8, 4) is 0 Å². The molecule has 1 fully saturated rings. The van der Waals surface area contributed by atoms with Gasteiger partial charge >= 0.3 is 0 Å². The first-order valence-electron chi connectivity index (χ1n) is 7.10. The Morgan fingerprint density at radius 3 is 2.30 bits per heavy atom. The summed E-state index contributed by atoms with van der Waals surface area (Å²) in [7, 11) is -3.73. The summed E-state index contributed by atoms with van der Waals surface area (Å²) in [5.74, 6) is -0.682. The first kappa shape index (κ1) is 15.8. The second kappa shape index (κ2) is 6.21. The van der Waals surface area contributed by atoms with Crippen LogP contribution in [0, 0.1) is 11.8 Å². The molecule has 0 N–H and O–H groups in total. The van der Waals surface area contributed by atoms with E-state index in [-0.39, 0.29) is 18.0 Å². The van der Waals surface area contributed by atoms with Gasteiger partial charge in [-0.15, -0.1) is 0 Å². The number of anilines is 1. The van der Waals surface area contributed by atoms with Crippen LogP contribution in [0.1, 0.15) is 0 Å². The number of pyridine rings is 1. The van der Waals surface area contributed by atoms with Crippen molar-refractivity contribution in [3.05, 3.63) is 54.2 Å². The van der Waals surface area contributed by atoms with Gasteiger partial charge in [-0.2, -0.15) is 8.70 Å². The second-order valence-electron chi connectivity index (χ2n) is 5.17. The molecule has 5 nitrogen and oxygen atoms in total. The molecule has 2 heterocycles. The van der Waals surface area contributed by atoms with Gasteiger partial charge in [0.05, 0.1) is 4.90 Å². The van der Waals surface area contributed by atoms with Gasteiger partial charge < -0.3 is 4.90 Å². The molecule has 0 aliphatic carbocycles. The molecule has 8 heteroatoms. The quantitative estimate of drug-likeness (QED) is 0.801. The fourth-order valence-corrected chi connectivity index (χ4v) is 3.96. The molecule has 122 valence electrons. The summed E-state index contributed by atoms with van der Waals surface area (Å²) in [5.41, 5.74) is 0. The third-order valence-corrected chi connectivity index (χ3v) is 5.59. The van der Waals surface area contributed by atoms with E-state index in [1.807, 2.05) is 4.90 Å². The Labute approximate surface area is 133 Å². The van der Waals surface area contributed by atoms with E-state index in [0.29, 0.717) is 18.9 Å². The largest absolute Gasteiger partial charge is 0.354 e. The van der Waals surface area contributed by atoms with Crippen LogP contribution in [-0.2, 0) is 10.0 Å². The standard InChI is InChI=1S/C15H15F2N3O2S/c16-12-3-1-4-13(11-12)23(21,22)20-9-7-19(8-10-20)15-6-2-5-14(17)18-15/h1-6,11H,7-10H2. The summed E-state index contributed by atoms with van der Waals surface area (Å²) in [6, 6.07) is 9.46. The number of hydrogen-bond donors (Lipinski definition) is 0. The van der Waals surface area contributed by atoms with Crippen LogP contribution in [0.15, 0.2) is 47.4 Å². The van der Waals surface area contributed by atoms with Crippen molar-refractivity contribution in [1.82, 2.24) is 9.29 Å². The van der Waals surface area contributed by atoms with Gasteiger partial charge in [-0.3, -0.25) is 0 Å². The van der Waals surface area contributed by atoms with Crippen LogP contribution in [0.5, 0.6) is 0 Å². The lowest BCUT2D eigenvalue weighted by molar-refractivity contribution is 0.383. The maximum Gasteiger partial charge on any atom is 0.243 e. The summed E-state index contributed by atoms with van der Waals surface area (Å²) in [6.07, 6.45) is 0. The highest BCUT2D eigenvalue weighted by Crippen LogP contribution is 2.20. The number of hydrogen-bond acceptors (Lipinski definition) is 4. The van der Waals surface area contributed by atoms with E-state index in [0.717, 1.165) is 6.07 Å². The maximum absolute atomic E-state index is 13.3. The molecule has 0 spiro atoms. The Balaban J connectivity index is 1.73. The van der Waals surface area contributed by atoms with Gasteiger partial charge in [-0.25, -0.2) is 17.8 Å². The van der Waals surface area contributed by atoms with Crippen molar-refractivity contribution in [3.63, 3.8) is 0 Å². The highest BCUT2D eigenvalue weighted by Gasteiger charge is 2.29. The first-order valence-corrected chi connectivity index (χ1v) is 8.54. The molecule has 0 amide bonds. The fraction of sp³-hybridized carbons (Fsp3) is 0.267. The fourth-order valence-electron chi connectivity index (χ4n) is 2.51. The lowest BCUT2D eigenvalue weighted by atomic mass is 10.3. The highest BCUT2D eigenvalue weighted by atomic mass is 32.2. The number of benzene rings is 1. The topological polar surface area (TPSA) is 53.5 Å². The minimum atomic E-state index is -3.73. The average Bonchev–Trinajstić information content (AvgIpc) is 2.55. The molecule has 1 aromatic heterocycles. The smallest absolute Gasteiger partial charge is 0.243 e. The normalized spacial score (nSPS) is 16.5. The molecule has 2 aromatic rings. The molecule has 0 radical (unpaired) electrons. The summed E-state index contributed by atoms with van der Waals surface area (Å²) < 4.78 is 52.7. The molecule has 23 heavy (non-hydrogen) atoms. The molecule has 0 unspecified atom stereocenters. The lowest BCUT2D eigenvalue weighted by Crippen LogP contribution is -2.49. The molecule has 0 bridgehead atoms. The Bertz CT molecular complexity index is 806. The maximum atomic E-state index is 13.3. The van der Waals surface area contributed by atoms with Gasteiger partial charge in [0.25, 0.3) is 0 Å². The summed E-state index contributed by atoms with van der Waals surface area (Å²) >= 11 is 0. The highest BCUT2D eigenvalue weighted by molar-refractivity contribution is 7.89. The molecule has 1 aliphatic heterocycles. The van der Waals surface area contributed by atoms with E-state index in [4.69, 9.17) is 0 Å². The zero-order valence-corrected chi connectivity index (χ0v) is 13.0. The number of piperazine rings is 1. The summed E-state index contributed by atoms with van der Waals surface area (Å²) in [5, 5.41) is 0. The number of sulfonamides is 1. The number of aromatic nitrogens is 1. The van der Waals surface area contributed by atoms with Crippen LogP contribution in [0.2, 0.25) is 0 Å². The number of nitrogens with zero attached hydrogens (tertiary/aromatic N) is 3. The van der Waals surface area contributed by atoms with Crippen molar-refractivity contribution in [2.45, 2.75) is 4.90 Å². The average molecular weight is 339 g/mol. The van der Waals surface area contributed by atoms with Gasteiger partial charge in [0.2, 0.25) is 16.0 Å². The van der Waals surface area contributed by atoms with Crippen LogP contribution in [-0.4, -0.2) is 43.9 Å². The Hall–Kier alpha value is -2.06.